The molecule has 2 bridgehead atoms. The van der Waals surface area contributed by atoms with Gasteiger partial charge < -0.3 is 9.64 Å². The maximum atomic E-state index is 13.5. The second-order valence-electron chi connectivity index (χ2n) is 8.80. The van der Waals surface area contributed by atoms with Crippen LogP contribution in [-0.4, -0.2) is 33.0 Å². The Balaban J connectivity index is 1.50. The second-order valence-corrected chi connectivity index (χ2v) is 8.80. The SMILES string of the molecule is COc1cc2c3c(c1)[C@@H]1[C@@H]([C@@H]4C=C[C@H]1n1c(=O)n(-c5ccccc5)c(=O)n14)N3C(=O)CC2. The Hall–Kier alpha value is -3.81. The number of anilines is 1. The molecule has 3 aromatic rings. The Morgan fingerprint density at radius 2 is 1.62 bits per heavy atom. The molecule has 0 spiro atoms. The lowest BCUT2D eigenvalue weighted by atomic mass is 9.78. The van der Waals surface area contributed by atoms with Crippen LogP contribution in [-0.2, 0) is 11.2 Å². The van der Waals surface area contributed by atoms with E-state index in [0.717, 1.165) is 22.6 Å². The van der Waals surface area contributed by atoms with Gasteiger partial charge in [-0.3, -0.25) is 4.79 Å². The Bertz CT molecular complexity index is 1460. The normalized spacial score (nSPS) is 26.2. The molecular weight excluding hydrogens is 408 g/mol. The predicted molar refractivity (Wildman–Crippen MR) is 117 cm³/mol. The average Bonchev–Trinajstić information content (AvgIpc) is 3.32. The predicted octanol–water partition coefficient (Wildman–Crippen LogP) is 1.92. The number of ether oxygens (including phenoxy) is 1. The van der Waals surface area contributed by atoms with E-state index in [4.69, 9.17) is 4.74 Å². The number of carbonyl (C=O) groups is 1. The van der Waals surface area contributed by atoms with E-state index in [9.17, 15) is 14.4 Å². The maximum absolute atomic E-state index is 13.5. The van der Waals surface area contributed by atoms with E-state index < -0.39 is 6.04 Å². The van der Waals surface area contributed by atoms with Gasteiger partial charge in [0.15, 0.2) is 0 Å². The van der Waals surface area contributed by atoms with Crippen molar-refractivity contribution < 1.29 is 9.53 Å². The summed E-state index contributed by atoms with van der Waals surface area (Å²) in [5.74, 6) is 0.715. The van der Waals surface area contributed by atoms with Crippen LogP contribution in [0, 0.1) is 0 Å². The van der Waals surface area contributed by atoms with Gasteiger partial charge in [0.25, 0.3) is 0 Å². The largest absolute Gasteiger partial charge is 0.497 e. The van der Waals surface area contributed by atoms with Crippen molar-refractivity contribution in [1.82, 2.24) is 13.9 Å². The van der Waals surface area contributed by atoms with E-state index in [2.05, 4.69) is 0 Å². The van der Waals surface area contributed by atoms with Gasteiger partial charge >= 0.3 is 11.4 Å². The van der Waals surface area contributed by atoms with Crippen molar-refractivity contribution in [2.24, 2.45) is 0 Å². The van der Waals surface area contributed by atoms with Gasteiger partial charge in [-0.05, 0) is 41.8 Å². The highest BCUT2D eigenvalue weighted by molar-refractivity contribution is 6.00. The van der Waals surface area contributed by atoms with Gasteiger partial charge in [0.2, 0.25) is 5.91 Å². The number of aryl methyl sites for hydroxylation is 1. The molecule has 1 aromatic heterocycles. The summed E-state index contributed by atoms with van der Waals surface area (Å²) in [6.45, 7) is 0. The van der Waals surface area contributed by atoms with Crippen molar-refractivity contribution in [3.8, 4) is 11.4 Å². The fourth-order valence-electron chi connectivity index (χ4n) is 6.18. The van der Waals surface area contributed by atoms with Gasteiger partial charge in [-0.1, -0.05) is 30.4 Å². The smallest absolute Gasteiger partial charge is 0.352 e. The minimum atomic E-state index is -0.413. The molecule has 8 nitrogen and oxygen atoms in total. The zero-order valence-corrected chi connectivity index (χ0v) is 17.3. The lowest BCUT2D eigenvalue weighted by Crippen LogP contribution is -2.56. The molecule has 0 radical (unpaired) electrons. The third-order valence-corrected chi connectivity index (χ3v) is 7.38. The third-order valence-electron chi connectivity index (χ3n) is 7.38. The van der Waals surface area contributed by atoms with Crippen molar-refractivity contribution in [2.45, 2.75) is 36.9 Å². The van der Waals surface area contributed by atoms with Crippen molar-refractivity contribution in [2.75, 3.05) is 12.0 Å². The molecule has 4 aliphatic heterocycles. The lowest BCUT2D eigenvalue weighted by molar-refractivity contribution is -0.119. The monoisotopic (exact) mass is 428 g/mol. The minimum absolute atomic E-state index is 0.0711. The number of para-hydroxylation sites is 1. The van der Waals surface area contributed by atoms with Gasteiger partial charge in [0, 0.05) is 12.3 Å². The van der Waals surface area contributed by atoms with E-state index in [0.29, 0.717) is 18.5 Å². The summed E-state index contributed by atoms with van der Waals surface area (Å²) in [5.41, 5.74) is 2.86. The molecule has 0 fully saturated rings. The quantitative estimate of drug-likeness (QED) is 0.585. The van der Waals surface area contributed by atoms with Crippen LogP contribution in [0.25, 0.3) is 5.69 Å². The molecule has 5 aliphatic rings. The number of carbonyl (C=O) groups excluding carboxylic acids is 1. The zero-order valence-electron chi connectivity index (χ0n) is 17.3. The van der Waals surface area contributed by atoms with Crippen LogP contribution in [0.4, 0.5) is 5.69 Å². The van der Waals surface area contributed by atoms with Crippen LogP contribution in [0.15, 0.2) is 64.2 Å². The summed E-state index contributed by atoms with van der Waals surface area (Å²) in [4.78, 5) is 42.0. The molecular formula is C24H20N4O4. The van der Waals surface area contributed by atoms with Gasteiger partial charge in [-0.15, -0.1) is 0 Å². The second kappa shape index (κ2) is 5.91. The van der Waals surface area contributed by atoms with Crippen LogP contribution in [0.3, 0.4) is 0 Å². The van der Waals surface area contributed by atoms with Gasteiger partial charge in [0.05, 0.1) is 36.6 Å². The number of nitrogens with zero attached hydrogens (tertiary/aromatic N) is 4. The summed E-state index contributed by atoms with van der Waals surface area (Å²) >= 11 is 0. The number of benzene rings is 2. The number of amides is 1. The van der Waals surface area contributed by atoms with Crippen molar-refractivity contribution in [3.63, 3.8) is 0 Å². The maximum Gasteiger partial charge on any atom is 0.352 e. The fraction of sp³-hybridized carbons (Fsp3) is 0.292. The van der Waals surface area contributed by atoms with Crippen LogP contribution >= 0.6 is 0 Å². The Morgan fingerprint density at radius 3 is 2.38 bits per heavy atom. The van der Waals surface area contributed by atoms with Gasteiger partial charge in [-0.2, -0.15) is 0 Å². The number of rotatable bonds is 2. The number of hydrogen-bond donors (Lipinski definition) is 0. The molecule has 160 valence electrons. The highest BCUT2D eigenvalue weighted by Crippen LogP contribution is 2.57. The number of aromatic nitrogens is 3. The van der Waals surface area contributed by atoms with Crippen LogP contribution in [0.2, 0.25) is 0 Å². The standard InChI is InChI=1S/C24H20N4O4/c1-32-15-11-13-7-10-19(29)26-21(13)16(12-15)20-17-8-9-18(22(20)26)28-24(31)25(23(30)27(17)28)14-5-3-2-4-6-14/h2-6,8-9,11-12,17-18,20,22H,7,10H2,1H3/t17-,18+,20+,22-/m1/s1. The summed E-state index contributed by atoms with van der Waals surface area (Å²) in [6, 6.07) is 12.0. The molecule has 4 atom stereocenters. The highest BCUT2D eigenvalue weighted by Gasteiger charge is 2.57. The zero-order chi connectivity index (χ0) is 21.7. The van der Waals surface area contributed by atoms with Gasteiger partial charge in [-0.25, -0.2) is 23.5 Å². The molecule has 8 rings (SSSR count). The summed E-state index contributed by atoms with van der Waals surface area (Å²) in [6.07, 6.45) is 5.09. The Kier molecular flexibility index (Phi) is 3.29. The minimum Gasteiger partial charge on any atom is -0.497 e. The van der Waals surface area contributed by atoms with Crippen molar-refractivity contribution in [3.05, 3.63) is 86.7 Å². The first kappa shape index (κ1) is 17.8. The summed E-state index contributed by atoms with van der Waals surface area (Å²) < 4.78 is 9.91. The van der Waals surface area contributed by atoms with E-state index >= 15 is 0 Å². The van der Waals surface area contributed by atoms with Crippen LogP contribution in [0.1, 0.15) is 35.5 Å². The first-order chi connectivity index (χ1) is 15.6. The number of allylic oxidation sites excluding steroid dienone is 1. The first-order valence-corrected chi connectivity index (χ1v) is 10.8. The first-order valence-electron chi connectivity index (χ1n) is 10.8. The summed E-state index contributed by atoms with van der Waals surface area (Å²) in [7, 11) is 1.64. The molecule has 1 amide bonds. The van der Waals surface area contributed by atoms with E-state index in [1.807, 2.05) is 35.3 Å². The fourth-order valence-corrected chi connectivity index (χ4v) is 6.18. The van der Waals surface area contributed by atoms with Crippen LogP contribution in [0.5, 0.6) is 5.75 Å². The van der Waals surface area contributed by atoms with E-state index in [1.54, 1.807) is 40.7 Å². The molecule has 0 unspecified atom stereocenters. The topological polar surface area (TPSA) is 78.5 Å². The van der Waals surface area contributed by atoms with Crippen molar-refractivity contribution in [1.29, 1.82) is 0 Å². The molecule has 8 heteroatoms. The lowest BCUT2D eigenvalue weighted by Gasteiger charge is -2.45. The molecule has 32 heavy (non-hydrogen) atoms. The average molecular weight is 428 g/mol. The molecule has 1 aliphatic carbocycles. The summed E-state index contributed by atoms with van der Waals surface area (Å²) in [5, 5.41) is 0. The van der Waals surface area contributed by atoms with Gasteiger partial charge in [0.1, 0.15) is 5.75 Å². The van der Waals surface area contributed by atoms with Crippen molar-refractivity contribution >= 4 is 11.6 Å². The van der Waals surface area contributed by atoms with Crippen LogP contribution < -0.4 is 21.0 Å². The molecule has 0 saturated carbocycles. The third kappa shape index (κ3) is 1.96. The van der Waals surface area contributed by atoms with E-state index in [1.165, 1.54) is 4.57 Å². The number of hydrogen-bond acceptors (Lipinski definition) is 4. The number of methoxy groups -OCH3 is 1. The Morgan fingerprint density at radius 1 is 0.906 bits per heavy atom. The molecule has 5 heterocycles. The van der Waals surface area contributed by atoms with E-state index in [-0.39, 0.29) is 35.3 Å². The molecule has 0 N–H and O–H groups in total. The highest BCUT2D eigenvalue weighted by atomic mass is 16.5. The molecule has 2 aromatic carbocycles. The Labute approximate surface area is 182 Å². The molecule has 0 saturated heterocycles.